The van der Waals surface area contributed by atoms with Gasteiger partial charge >= 0.3 is 0 Å². The van der Waals surface area contributed by atoms with Crippen LogP contribution in [-0.4, -0.2) is 24.2 Å². The van der Waals surface area contributed by atoms with Crippen LogP contribution in [0.25, 0.3) is 10.8 Å². The molecule has 0 aliphatic rings. The number of rotatable bonds is 7. The van der Waals surface area contributed by atoms with Crippen LogP contribution in [-0.2, 0) is 11.3 Å². The highest BCUT2D eigenvalue weighted by Gasteiger charge is 2.09. The Morgan fingerprint density at radius 3 is 2.63 bits per heavy atom. The van der Waals surface area contributed by atoms with Gasteiger partial charge < -0.3 is 19.4 Å². The van der Waals surface area contributed by atoms with Crippen molar-refractivity contribution in [3.8, 4) is 11.5 Å². The summed E-state index contributed by atoms with van der Waals surface area (Å²) in [7, 11) is 1.58. The molecule has 6 heteroatoms. The molecule has 0 unspecified atom stereocenters. The number of ether oxygens (including phenoxy) is 2. The molecule has 0 aliphatic carbocycles. The standard InChI is InChI=1S/C21H20N2O4/c1-3-12-23-13-11-17-18(21(23)25)5-4-6-19(17)27-14-20(24)22-15-7-9-16(26-2)10-8-15/h3-11,13H,1,12,14H2,2H3,(H,22,24). The van der Waals surface area contributed by atoms with E-state index in [1.165, 1.54) is 0 Å². The lowest BCUT2D eigenvalue weighted by Gasteiger charge is -2.11. The Hall–Kier alpha value is -3.54. The second-order valence-corrected chi connectivity index (χ2v) is 5.84. The van der Waals surface area contributed by atoms with Crippen molar-refractivity contribution in [3.63, 3.8) is 0 Å². The highest BCUT2D eigenvalue weighted by Crippen LogP contribution is 2.23. The molecule has 27 heavy (non-hydrogen) atoms. The zero-order valence-electron chi connectivity index (χ0n) is 15.0. The zero-order chi connectivity index (χ0) is 19.2. The summed E-state index contributed by atoms with van der Waals surface area (Å²) in [6, 6.07) is 14.0. The van der Waals surface area contributed by atoms with Gasteiger partial charge in [-0.2, -0.15) is 0 Å². The van der Waals surface area contributed by atoms with Crippen LogP contribution in [0.3, 0.4) is 0 Å². The van der Waals surface area contributed by atoms with Crippen molar-refractivity contribution in [1.82, 2.24) is 4.57 Å². The third-order valence-corrected chi connectivity index (χ3v) is 4.04. The molecule has 2 aromatic carbocycles. The fraction of sp³-hybridized carbons (Fsp3) is 0.143. The first-order chi connectivity index (χ1) is 13.1. The Morgan fingerprint density at radius 1 is 1.15 bits per heavy atom. The van der Waals surface area contributed by atoms with E-state index in [1.54, 1.807) is 72.5 Å². The minimum atomic E-state index is -0.294. The summed E-state index contributed by atoms with van der Waals surface area (Å²) >= 11 is 0. The predicted molar refractivity (Wildman–Crippen MR) is 106 cm³/mol. The number of aromatic nitrogens is 1. The number of anilines is 1. The van der Waals surface area contributed by atoms with Gasteiger partial charge in [-0.05, 0) is 42.5 Å². The van der Waals surface area contributed by atoms with E-state index in [4.69, 9.17) is 9.47 Å². The summed E-state index contributed by atoms with van der Waals surface area (Å²) in [4.78, 5) is 24.6. The monoisotopic (exact) mass is 364 g/mol. The van der Waals surface area contributed by atoms with Crippen molar-refractivity contribution in [3.05, 3.63) is 77.7 Å². The number of hydrogen-bond donors (Lipinski definition) is 1. The third kappa shape index (κ3) is 4.17. The first-order valence-corrected chi connectivity index (χ1v) is 8.42. The minimum Gasteiger partial charge on any atom is -0.497 e. The van der Waals surface area contributed by atoms with Gasteiger partial charge in [0.1, 0.15) is 11.5 Å². The molecule has 1 amide bonds. The van der Waals surface area contributed by atoms with Gasteiger partial charge in [-0.3, -0.25) is 9.59 Å². The average molecular weight is 364 g/mol. The summed E-state index contributed by atoms with van der Waals surface area (Å²) in [6.45, 7) is 3.92. The van der Waals surface area contributed by atoms with Crippen LogP contribution < -0.4 is 20.3 Å². The van der Waals surface area contributed by atoms with E-state index in [2.05, 4.69) is 11.9 Å². The Balaban J connectivity index is 1.72. The van der Waals surface area contributed by atoms with Crippen LogP contribution in [0.2, 0.25) is 0 Å². The fourth-order valence-corrected chi connectivity index (χ4v) is 2.71. The number of fused-ring (bicyclic) bond motifs is 1. The van der Waals surface area contributed by atoms with E-state index in [-0.39, 0.29) is 18.1 Å². The highest BCUT2D eigenvalue weighted by molar-refractivity contribution is 5.92. The largest absolute Gasteiger partial charge is 0.497 e. The SMILES string of the molecule is C=CCn1ccc2c(OCC(=O)Nc3ccc(OC)cc3)cccc2c1=O. The second kappa shape index (κ2) is 8.23. The van der Waals surface area contributed by atoms with E-state index in [9.17, 15) is 9.59 Å². The molecule has 0 saturated carbocycles. The van der Waals surface area contributed by atoms with Gasteiger partial charge in [0.15, 0.2) is 6.61 Å². The Morgan fingerprint density at radius 2 is 1.93 bits per heavy atom. The quantitative estimate of drug-likeness (QED) is 0.654. The molecule has 0 bridgehead atoms. The Labute approximate surface area is 156 Å². The highest BCUT2D eigenvalue weighted by atomic mass is 16.5. The van der Waals surface area contributed by atoms with Crippen LogP contribution in [0.4, 0.5) is 5.69 Å². The van der Waals surface area contributed by atoms with E-state index in [0.717, 1.165) is 0 Å². The zero-order valence-corrected chi connectivity index (χ0v) is 15.0. The van der Waals surface area contributed by atoms with Gasteiger partial charge in [0, 0.05) is 23.8 Å². The fourth-order valence-electron chi connectivity index (χ4n) is 2.71. The number of carbonyl (C=O) groups is 1. The number of amides is 1. The summed E-state index contributed by atoms with van der Waals surface area (Å²) in [6.07, 6.45) is 3.35. The van der Waals surface area contributed by atoms with Gasteiger partial charge in [-0.25, -0.2) is 0 Å². The first kappa shape index (κ1) is 18.3. The van der Waals surface area contributed by atoms with Crippen LogP contribution in [0.15, 0.2) is 72.2 Å². The van der Waals surface area contributed by atoms with E-state index < -0.39 is 0 Å². The molecule has 0 atom stereocenters. The van der Waals surface area contributed by atoms with E-state index in [1.807, 2.05) is 0 Å². The second-order valence-electron chi connectivity index (χ2n) is 5.84. The number of hydrogen-bond acceptors (Lipinski definition) is 4. The van der Waals surface area contributed by atoms with E-state index >= 15 is 0 Å². The molecule has 0 saturated heterocycles. The summed E-state index contributed by atoms with van der Waals surface area (Å²) in [5.74, 6) is 0.902. The molecule has 1 aromatic heterocycles. The molecule has 1 heterocycles. The Kier molecular flexibility index (Phi) is 5.56. The topological polar surface area (TPSA) is 69.6 Å². The predicted octanol–water partition coefficient (Wildman–Crippen LogP) is 3.21. The molecule has 0 aliphatic heterocycles. The lowest BCUT2D eigenvalue weighted by atomic mass is 10.1. The maximum Gasteiger partial charge on any atom is 0.262 e. The van der Waals surface area contributed by atoms with Gasteiger partial charge in [0.25, 0.3) is 11.5 Å². The minimum absolute atomic E-state index is 0.125. The maximum atomic E-state index is 12.5. The van der Waals surface area contributed by atoms with Gasteiger partial charge in [0.05, 0.1) is 12.5 Å². The summed E-state index contributed by atoms with van der Waals surface area (Å²) in [5.41, 5.74) is 0.523. The average Bonchev–Trinajstić information content (AvgIpc) is 2.69. The van der Waals surface area contributed by atoms with Crippen LogP contribution in [0.1, 0.15) is 0 Å². The smallest absolute Gasteiger partial charge is 0.262 e. The van der Waals surface area contributed by atoms with Crippen molar-refractivity contribution in [2.24, 2.45) is 0 Å². The maximum absolute atomic E-state index is 12.5. The molecule has 3 rings (SSSR count). The van der Waals surface area contributed by atoms with Crippen LogP contribution >= 0.6 is 0 Å². The molecule has 138 valence electrons. The van der Waals surface area contributed by atoms with Crippen molar-refractivity contribution in [2.45, 2.75) is 6.54 Å². The number of allylic oxidation sites excluding steroid dienone is 1. The molecule has 6 nitrogen and oxygen atoms in total. The molecule has 3 aromatic rings. The number of carbonyl (C=O) groups excluding carboxylic acids is 1. The molecular formula is C21H20N2O4. The van der Waals surface area contributed by atoms with Gasteiger partial charge in [-0.1, -0.05) is 12.1 Å². The number of nitrogens with zero attached hydrogens (tertiary/aromatic N) is 1. The molecule has 1 N–H and O–H groups in total. The number of methoxy groups -OCH3 is 1. The molecule has 0 spiro atoms. The third-order valence-electron chi connectivity index (χ3n) is 4.04. The Bertz CT molecular complexity index is 1020. The summed E-state index contributed by atoms with van der Waals surface area (Å²) < 4.78 is 12.3. The lowest BCUT2D eigenvalue weighted by Crippen LogP contribution is -2.21. The lowest BCUT2D eigenvalue weighted by molar-refractivity contribution is -0.118. The number of benzene rings is 2. The molecule has 0 fully saturated rings. The van der Waals surface area contributed by atoms with Gasteiger partial charge in [-0.15, -0.1) is 6.58 Å². The van der Waals surface area contributed by atoms with Crippen molar-refractivity contribution in [1.29, 1.82) is 0 Å². The van der Waals surface area contributed by atoms with Crippen molar-refractivity contribution >= 4 is 22.4 Å². The number of pyridine rings is 1. The summed E-state index contributed by atoms with van der Waals surface area (Å²) in [5, 5.41) is 3.95. The molecular weight excluding hydrogens is 344 g/mol. The number of nitrogens with one attached hydrogen (secondary N) is 1. The van der Waals surface area contributed by atoms with Crippen LogP contribution in [0, 0.1) is 0 Å². The normalized spacial score (nSPS) is 10.4. The van der Waals surface area contributed by atoms with Crippen LogP contribution in [0.5, 0.6) is 11.5 Å². The molecule has 0 radical (unpaired) electrons. The van der Waals surface area contributed by atoms with E-state index in [0.29, 0.717) is 34.5 Å². The van der Waals surface area contributed by atoms with Crippen molar-refractivity contribution in [2.75, 3.05) is 19.0 Å². The van der Waals surface area contributed by atoms with Gasteiger partial charge in [0.2, 0.25) is 0 Å². The van der Waals surface area contributed by atoms with Crippen molar-refractivity contribution < 1.29 is 14.3 Å². The first-order valence-electron chi connectivity index (χ1n) is 8.42.